The van der Waals surface area contributed by atoms with Crippen molar-refractivity contribution in [3.05, 3.63) is 0 Å². The molecule has 15 heavy (non-hydrogen) atoms. The van der Waals surface area contributed by atoms with Gasteiger partial charge in [0.15, 0.2) is 0 Å². The molecule has 0 aliphatic heterocycles. The maximum atomic E-state index is 9.75. The highest BCUT2D eigenvalue weighted by atomic mass is 19.5. The van der Waals surface area contributed by atoms with Crippen LogP contribution in [0.3, 0.4) is 0 Å². The lowest BCUT2D eigenvalue weighted by Crippen LogP contribution is -2.56. The number of aliphatic hydroxyl groups is 1. The predicted octanol–water partition coefficient (Wildman–Crippen LogP) is 1.77. The molecular formula is C7H17BF4NO2-. The van der Waals surface area contributed by atoms with E-state index in [2.05, 4.69) is 0 Å². The van der Waals surface area contributed by atoms with Crippen molar-refractivity contribution in [1.82, 2.24) is 0 Å². The van der Waals surface area contributed by atoms with E-state index >= 15 is 0 Å². The third-order valence-electron chi connectivity index (χ3n) is 1.66. The first-order chi connectivity index (χ1) is 6.31. The van der Waals surface area contributed by atoms with Crippen LogP contribution in [0.4, 0.5) is 17.3 Å². The largest absolute Gasteiger partial charge is 0.673 e. The van der Waals surface area contributed by atoms with Crippen molar-refractivity contribution >= 4 is 7.25 Å². The van der Waals surface area contributed by atoms with E-state index in [1.165, 1.54) is 0 Å². The van der Waals surface area contributed by atoms with E-state index in [1.54, 1.807) is 20.8 Å². The Morgan fingerprint density at radius 3 is 1.53 bits per heavy atom. The Morgan fingerprint density at radius 1 is 1.20 bits per heavy atom. The van der Waals surface area contributed by atoms with Gasteiger partial charge in [-0.1, -0.05) is 0 Å². The van der Waals surface area contributed by atoms with E-state index in [-0.39, 0.29) is 0 Å². The van der Waals surface area contributed by atoms with Gasteiger partial charge in [0.2, 0.25) is 0 Å². The predicted molar refractivity (Wildman–Crippen MR) is 50.7 cm³/mol. The fourth-order valence-electron chi connectivity index (χ4n) is 0.476. The van der Waals surface area contributed by atoms with Gasteiger partial charge in [0.25, 0.3) is 0 Å². The van der Waals surface area contributed by atoms with Gasteiger partial charge in [-0.2, -0.15) is 0 Å². The smallest absolute Gasteiger partial charge is 0.418 e. The van der Waals surface area contributed by atoms with Gasteiger partial charge in [-0.25, -0.2) is 0 Å². The normalized spacial score (nSPS) is 16.4. The Labute approximate surface area is 86.7 Å². The van der Waals surface area contributed by atoms with Crippen LogP contribution in [0.5, 0.6) is 0 Å². The van der Waals surface area contributed by atoms with Crippen molar-refractivity contribution in [3.8, 4) is 0 Å². The number of hydrogen-bond donors (Lipinski definition) is 2. The van der Waals surface area contributed by atoms with Crippen LogP contribution in [-0.4, -0.2) is 30.3 Å². The molecule has 0 aromatic carbocycles. The summed E-state index contributed by atoms with van der Waals surface area (Å²) in [5, 5.41) is 9.43. The van der Waals surface area contributed by atoms with Crippen LogP contribution in [0, 0.1) is 0 Å². The molecule has 0 rings (SSSR count). The van der Waals surface area contributed by atoms with Crippen molar-refractivity contribution < 1.29 is 27.1 Å². The lowest BCUT2D eigenvalue weighted by Gasteiger charge is -2.36. The molecule has 0 fully saturated rings. The molecule has 0 bridgehead atoms. The molecule has 3 nitrogen and oxygen atoms in total. The van der Waals surface area contributed by atoms with Gasteiger partial charge in [0, 0.05) is 6.61 Å². The first kappa shape index (κ1) is 17.1. The minimum Gasteiger partial charge on any atom is -0.418 e. The first-order valence-corrected chi connectivity index (χ1v) is 4.34. The summed E-state index contributed by atoms with van der Waals surface area (Å²) < 4.78 is 44.1. The lowest BCUT2D eigenvalue weighted by molar-refractivity contribution is -0.151. The van der Waals surface area contributed by atoms with Crippen molar-refractivity contribution in [1.29, 1.82) is 0 Å². The highest BCUT2D eigenvalue weighted by molar-refractivity contribution is 6.50. The fourth-order valence-corrected chi connectivity index (χ4v) is 0.476. The monoisotopic (exact) mass is 234 g/mol. The molecule has 94 valence electrons. The molecule has 0 amide bonds. The number of nitrogens with two attached hydrogens (primary N) is 1. The number of hydrogen-bond acceptors (Lipinski definition) is 3. The van der Waals surface area contributed by atoms with E-state index in [4.69, 9.17) is 10.5 Å². The fraction of sp³-hybridized carbons (Fsp3) is 1.00. The highest BCUT2D eigenvalue weighted by Gasteiger charge is 2.36. The molecule has 0 radical (unpaired) electrons. The zero-order valence-electron chi connectivity index (χ0n) is 9.23. The van der Waals surface area contributed by atoms with Crippen molar-refractivity contribution in [3.63, 3.8) is 0 Å². The second kappa shape index (κ2) is 5.67. The third kappa shape index (κ3) is 11.6. The van der Waals surface area contributed by atoms with E-state index in [0.29, 0.717) is 6.61 Å². The van der Waals surface area contributed by atoms with Gasteiger partial charge >= 0.3 is 7.25 Å². The van der Waals surface area contributed by atoms with E-state index in [9.17, 15) is 22.4 Å². The molecule has 1 atom stereocenters. The Balaban J connectivity index is 0. The minimum atomic E-state index is -6.00. The maximum Gasteiger partial charge on any atom is 0.673 e. The van der Waals surface area contributed by atoms with Crippen LogP contribution in [0.15, 0.2) is 0 Å². The summed E-state index contributed by atoms with van der Waals surface area (Å²) >= 11 is 0. The molecule has 0 saturated carbocycles. The molecule has 0 heterocycles. The van der Waals surface area contributed by atoms with Crippen molar-refractivity contribution in [2.24, 2.45) is 5.73 Å². The van der Waals surface area contributed by atoms with E-state index in [1.807, 2.05) is 6.92 Å². The Hall–Kier alpha value is -0.335. The van der Waals surface area contributed by atoms with Gasteiger partial charge in [-0.05, 0) is 27.7 Å². The quantitative estimate of drug-likeness (QED) is 0.444. The molecule has 8 heteroatoms. The van der Waals surface area contributed by atoms with Crippen LogP contribution in [0.25, 0.3) is 0 Å². The standard InChI is InChI=1S/C7H17NO2.BF4/c1-5-10-7(4,8)6(2,3)9;2-1(3,4)5/h9H,5,8H2,1-4H3;/q;-1. The molecule has 3 N–H and O–H groups in total. The van der Waals surface area contributed by atoms with Crippen LogP contribution in [-0.2, 0) is 4.74 Å². The SMILES string of the molecule is CCOC(C)(N)C(C)(C)O.F[B-](F)(F)F. The average molecular weight is 234 g/mol. The van der Waals surface area contributed by atoms with Gasteiger partial charge in [-0.15, -0.1) is 0 Å². The molecule has 1 unspecified atom stereocenters. The second-order valence-electron chi connectivity index (χ2n) is 3.59. The summed E-state index contributed by atoms with van der Waals surface area (Å²) in [6.07, 6.45) is 0. The Bertz CT molecular complexity index is 173. The third-order valence-corrected chi connectivity index (χ3v) is 1.66. The van der Waals surface area contributed by atoms with Gasteiger partial charge in [0.05, 0.1) is 0 Å². The number of ether oxygens (including phenoxy) is 1. The van der Waals surface area contributed by atoms with Crippen LogP contribution in [0.1, 0.15) is 27.7 Å². The minimum absolute atomic E-state index is 0.511. The van der Waals surface area contributed by atoms with Gasteiger partial charge < -0.3 is 32.8 Å². The summed E-state index contributed by atoms with van der Waals surface area (Å²) in [7, 11) is -6.00. The summed E-state index contributed by atoms with van der Waals surface area (Å²) in [5.74, 6) is 0. The number of rotatable bonds is 3. The topological polar surface area (TPSA) is 55.5 Å². The molecule has 0 spiro atoms. The highest BCUT2D eigenvalue weighted by Crippen LogP contribution is 2.19. The van der Waals surface area contributed by atoms with Crippen LogP contribution >= 0.6 is 0 Å². The average Bonchev–Trinajstić information content (AvgIpc) is 1.79. The lowest BCUT2D eigenvalue weighted by atomic mass is 9.97. The summed E-state index contributed by atoms with van der Waals surface area (Å²) in [5.41, 5.74) is 3.68. The summed E-state index contributed by atoms with van der Waals surface area (Å²) in [4.78, 5) is 0. The molecule has 0 aromatic rings. The zero-order valence-corrected chi connectivity index (χ0v) is 9.23. The van der Waals surface area contributed by atoms with Gasteiger partial charge in [-0.3, -0.25) is 0 Å². The van der Waals surface area contributed by atoms with Gasteiger partial charge in [0.1, 0.15) is 11.3 Å². The Morgan fingerprint density at radius 2 is 1.47 bits per heavy atom. The molecular weight excluding hydrogens is 217 g/mol. The van der Waals surface area contributed by atoms with Crippen molar-refractivity contribution in [2.75, 3.05) is 6.61 Å². The van der Waals surface area contributed by atoms with Crippen LogP contribution < -0.4 is 5.73 Å². The second-order valence-corrected chi connectivity index (χ2v) is 3.59. The first-order valence-electron chi connectivity index (χ1n) is 4.34. The molecule has 0 aliphatic carbocycles. The molecule has 0 aliphatic rings. The molecule has 0 saturated heterocycles. The summed E-state index contributed by atoms with van der Waals surface area (Å²) in [6, 6.07) is 0. The van der Waals surface area contributed by atoms with Crippen molar-refractivity contribution in [2.45, 2.75) is 39.0 Å². The van der Waals surface area contributed by atoms with Crippen LogP contribution in [0.2, 0.25) is 0 Å². The molecule has 0 aromatic heterocycles. The summed E-state index contributed by atoms with van der Waals surface area (Å²) in [6.45, 7) is 7.27. The zero-order chi connectivity index (χ0) is 12.9. The Kier molecular flexibility index (Phi) is 6.45. The van der Waals surface area contributed by atoms with E-state index in [0.717, 1.165) is 0 Å². The van der Waals surface area contributed by atoms with E-state index < -0.39 is 18.6 Å². The maximum absolute atomic E-state index is 9.75. The number of halogens is 4.